The lowest BCUT2D eigenvalue weighted by Gasteiger charge is -2.21. The first kappa shape index (κ1) is 17.7. The highest BCUT2D eigenvalue weighted by Gasteiger charge is 2.16. The smallest absolute Gasteiger partial charge is 0.251 e. The third kappa shape index (κ3) is 4.30. The molecular formula is C19H19FN2O4. The minimum atomic E-state index is -0.508. The van der Waals surface area contributed by atoms with E-state index in [0.29, 0.717) is 24.7 Å². The van der Waals surface area contributed by atoms with Gasteiger partial charge in [-0.3, -0.25) is 9.59 Å². The van der Waals surface area contributed by atoms with Crippen LogP contribution in [0.15, 0.2) is 42.5 Å². The van der Waals surface area contributed by atoms with E-state index in [0.717, 1.165) is 11.6 Å². The standard InChI is InChI=1S/C19H19FN2O4/c1-12(13-5-6-16-17(10-13)26-8-7-25-16)22-18(23)11-21-19(24)14-3-2-4-15(20)9-14/h2-6,9-10,12H,7-8,11H2,1H3,(H,21,24)(H,22,23). The van der Waals surface area contributed by atoms with Gasteiger partial charge in [-0.15, -0.1) is 0 Å². The molecule has 2 N–H and O–H groups in total. The molecule has 2 aromatic carbocycles. The Morgan fingerprint density at radius 1 is 1.12 bits per heavy atom. The Kier molecular flexibility index (Phi) is 5.36. The number of hydrogen-bond acceptors (Lipinski definition) is 4. The average molecular weight is 358 g/mol. The molecule has 0 aliphatic carbocycles. The summed E-state index contributed by atoms with van der Waals surface area (Å²) in [5, 5.41) is 5.27. The van der Waals surface area contributed by atoms with E-state index in [9.17, 15) is 14.0 Å². The average Bonchev–Trinajstić information content (AvgIpc) is 2.65. The number of halogens is 1. The minimum Gasteiger partial charge on any atom is -0.486 e. The van der Waals surface area contributed by atoms with Gasteiger partial charge in [0.1, 0.15) is 19.0 Å². The Hall–Kier alpha value is -3.09. The van der Waals surface area contributed by atoms with Crippen molar-refractivity contribution in [3.8, 4) is 11.5 Å². The highest BCUT2D eigenvalue weighted by molar-refractivity contribution is 5.96. The molecule has 7 heteroatoms. The summed E-state index contributed by atoms with van der Waals surface area (Å²) in [5.41, 5.74) is 1.02. The molecule has 2 amide bonds. The van der Waals surface area contributed by atoms with Crippen molar-refractivity contribution in [3.63, 3.8) is 0 Å². The topological polar surface area (TPSA) is 76.7 Å². The highest BCUT2D eigenvalue weighted by Crippen LogP contribution is 2.32. The summed E-state index contributed by atoms with van der Waals surface area (Å²) in [7, 11) is 0. The first-order chi connectivity index (χ1) is 12.5. The van der Waals surface area contributed by atoms with Gasteiger partial charge in [-0.05, 0) is 42.8 Å². The van der Waals surface area contributed by atoms with Gasteiger partial charge in [0.25, 0.3) is 5.91 Å². The summed E-state index contributed by atoms with van der Waals surface area (Å²) in [6.07, 6.45) is 0. The number of fused-ring (bicyclic) bond motifs is 1. The fourth-order valence-electron chi connectivity index (χ4n) is 2.60. The molecule has 0 spiro atoms. The van der Waals surface area contributed by atoms with Gasteiger partial charge in [-0.25, -0.2) is 4.39 Å². The quantitative estimate of drug-likeness (QED) is 0.859. The number of carbonyl (C=O) groups is 2. The van der Waals surface area contributed by atoms with E-state index in [2.05, 4.69) is 10.6 Å². The molecule has 0 bridgehead atoms. The predicted octanol–water partition coefficient (Wildman–Crippen LogP) is 2.20. The van der Waals surface area contributed by atoms with Crippen molar-refractivity contribution in [2.75, 3.05) is 19.8 Å². The van der Waals surface area contributed by atoms with Gasteiger partial charge < -0.3 is 20.1 Å². The molecule has 1 aliphatic heterocycles. The maximum atomic E-state index is 13.1. The lowest BCUT2D eigenvalue weighted by Crippen LogP contribution is -2.38. The fourth-order valence-corrected chi connectivity index (χ4v) is 2.60. The normalized spacial score (nSPS) is 13.6. The van der Waals surface area contributed by atoms with Crippen molar-refractivity contribution in [2.24, 2.45) is 0 Å². The number of nitrogens with one attached hydrogen (secondary N) is 2. The van der Waals surface area contributed by atoms with E-state index in [1.165, 1.54) is 18.2 Å². The molecule has 1 atom stereocenters. The molecule has 0 saturated heterocycles. The zero-order chi connectivity index (χ0) is 18.5. The van der Waals surface area contributed by atoms with Crippen LogP contribution >= 0.6 is 0 Å². The maximum absolute atomic E-state index is 13.1. The second-order valence-electron chi connectivity index (χ2n) is 5.89. The SMILES string of the molecule is CC(NC(=O)CNC(=O)c1cccc(F)c1)c1ccc2c(c1)OCCO2. The Morgan fingerprint density at radius 3 is 2.65 bits per heavy atom. The van der Waals surface area contributed by atoms with Crippen molar-refractivity contribution in [2.45, 2.75) is 13.0 Å². The van der Waals surface area contributed by atoms with Crippen LogP contribution in [0.4, 0.5) is 4.39 Å². The predicted molar refractivity (Wildman–Crippen MR) is 92.7 cm³/mol. The van der Waals surface area contributed by atoms with Crippen LogP contribution in [-0.4, -0.2) is 31.6 Å². The second-order valence-corrected chi connectivity index (χ2v) is 5.89. The van der Waals surface area contributed by atoms with Crippen LogP contribution in [-0.2, 0) is 4.79 Å². The van der Waals surface area contributed by atoms with Crippen molar-refractivity contribution in [3.05, 3.63) is 59.4 Å². The van der Waals surface area contributed by atoms with Gasteiger partial charge in [0, 0.05) is 5.56 Å². The number of rotatable bonds is 5. The van der Waals surface area contributed by atoms with Crippen molar-refractivity contribution >= 4 is 11.8 Å². The van der Waals surface area contributed by atoms with Crippen LogP contribution in [0.3, 0.4) is 0 Å². The van der Waals surface area contributed by atoms with Gasteiger partial charge in [0.15, 0.2) is 11.5 Å². The van der Waals surface area contributed by atoms with Gasteiger partial charge in [0.2, 0.25) is 5.91 Å². The summed E-state index contributed by atoms with van der Waals surface area (Å²) in [6.45, 7) is 2.63. The third-order valence-corrected chi connectivity index (χ3v) is 3.94. The molecule has 0 aromatic heterocycles. The number of carbonyl (C=O) groups excluding carboxylic acids is 2. The molecule has 1 aliphatic rings. The molecule has 1 unspecified atom stereocenters. The van der Waals surface area contributed by atoms with E-state index >= 15 is 0 Å². The lowest BCUT2D eigenvalue weighted by atomic mass is 10.1. The zero-order valence-corrected chi connectivity index (χ0v) is 14.3. The Bertz CT molecular complexity index is 825. The highest BCUT2D eigenvalue weighted by atomic mass is 19.1. The van der Waals surface area contributed by atoms with Crippen LogP contribution < -0.4 is 20.1 Å². The molecule has 2 aromatic rings. The van der Waals surface area contributed by atoms with Crippen molar-refractivity contribution in [1.82, 2.24) is 10.6 Å². The van der Waals surface area contributed by atoms with E-state index in [-0.39, 0.29) is 24.1 Å². The van der Waals surface area contributed by atoms with Crippen LogP contribution in [0, 0.1) is 5.82 Å². The zero-order valence-electron chi connectivity index (χ0n) is 14.3. The molecule has 0 radical (unpaired) electrons. The molecule has 0 saturated carbocycles. The van der Waals surface area contributed by atoms with E-state index in [4.69, 9.17) is 9.47 Å². The van der Waals surface area contributed by atoms with Gasteiger partial charge in [-0.1, -0.05) is 12.1 Å². The van der Waals surface area contributed by atoms with Crippen molar-refractivity contribution < 1.29 is 23.5 Å². The largest absolute Gasteiger partial charge is 0.486 e. The van der Waals surface area contributed by atoms with E-state index in [1.54, 1.807) is 6.07 Å². The van der Waals surface area contributed by atoms with Gasteiger partial charge in [-0.2, -0.15) is 0 Å². The van der Waals surface area contributed by atoms with Gasteiger partial charge >= 0.3 is 0 Å². The Labute approximate surface area is 150 Å². The Balaban J connectivity index is 1.53. The number of amides is 2. The lowest BCUT2D eigenvalue weighted by molar-refractivity contribution is -0.120. The summed E-state index contributed by atoms with van der Waals surface area (Å²) in [5.74, 6) is -0.0340. The molecular weight excluding hydrogens is 339 g/mol. The second kappa shape index (κ2) is 7.86. The molecule has 136 valence electrons. The van der Waals surface area contributed by atoms with Crippen LogP contribution in [0.25, 0.3) is 0 Å². The third-order valence-electron chi connectivity index (χ3n) is 3.94. The van der Waals surface area contributed by atoms with Crippen molar-refractivity contribution in [1.29, 1.82) is 0 Å². The Morgan fingerprint density at radius 2 is 1.88 bits per heavy atom. The number of hydrogen-bond donors (Lipinski definition) is 2. The molecule has 1 heterocycles. The summed E-state index contributed by atoms with van der Waals surface area (Å²) < 4.78 is 24.1. The summed E-state index contributed by atoms with van der Waals surface area (Å²) >= 11 is 0. The van der Waals surface area contributed by atoms with Crippen LogP contribution in [0.1, 0.15) is 28.9 Å². The molecule has 0 fully saturated rings. The van der Waals surface area contributed by atoms with E-state index < -0.39 is 11.7 Å². The first-order valence-electron chi connectivity index (χ1n) is 8.25. The first-order valence-corrected chi connectivity index (χ1v) is 8.25. The number of benzene rings is 2. The van der Waals surface area contributed by atoms with Gasteiger partial charge in [0.05, 0.1) is 12.6 Å². The number of ether oxygens (including phenoxy) is 2. The van der Waals surface area contributed by atoms with E-state index in [1.807, 2.05) is 19.1 Å². The monoisotopic (exact) mass is 358 g/mol. The van der Waals surface area contributed by atoms with Crippen LogP contribution in [0.2, 0.25) is 0 Å². The molecule has 3 rings (SSSR count). The minimum absolute atomic E-state index is 0.165. The molecule has 26 heavy (non-hydrogen) atoms. The fraction of sp³-hybridized carbons (Fsp3) is 0.263. The summed E-state index contributed by atoms with van der Waals surface area (Å²) in [6, 6.07) is 10.5. The maximum Gasteiger partial charge on any atom is 0.251 e. The molecule has 6 nitrogen and oxygen atoms in total. The van der Waals surface area contributed by atoms with Crippen LogP contribution in [0.5, 0.6) is 11.5 Å². The summed E-state index contributed by atoms with van der Waals surface area (Å²) in [4.78, 5) is 24.0.